The Morgan fingerprint density at radius 3 is 2.55 bits per heavy atom. The number of anilines is 2. The molecule has 1 aromatic rings. The Morgan fingerprint density at radius 1 is 1.36 bits per heavy atom. The van der Waals surface area contributed by atoms with Crippen molar-refractivity contribution in [2.75, 3.05) is 18.3 Å². The van der Waals surface area contributed by atoms with Gasteiger partial charge in [-0.05, 0) is 12.1 Å². The van der Waals surface area contributed by atoms with Crippen molar-refractivity contribution in [3.8, 4) is 0 Å². The van der Waals surface area contributed by atoms with Crippen molar-refractivity contribution in [2.45, 2.75) is 0 Å². The molecule has 0 saturated carbocycles. The molecule has 0 radical (unpaired) electrons. The predicted molar refractivity (Wildman–Crippen MR) is 46.5 cm³/mol. The van der Waals surface area contributed by atoms with Gasteiger partial charge in [0.15, 0.2) is 0 Å². The number of nitrogen functional groups attached to an aromatic ring is 1. The van der Waals surface area contributed by atoms with Gasteiger partial charge < -0.3 is 11.9 Å². The number of benzene rings is 1. The summed E-state index contributed by atoms with van der Waals surface area (Å²) in [5, 5.41) is 0. The summed E-state index contributed by atoms with van der Waals surface area (Å²) in [6, 6.07) is 7.41. The Labute approximate surface area is 65.9 Å². The van der Waals surface area contributed by atoms with Crippen LogP contribution in [0.4, 0.5) is 11.4 Å². The van der Waals surface area contributed by atoms with Crippen LogP contribution < -0.4 is 17.4 Å². The maximum atomic E-state index is 5.56. The molecule has 62 valence electrons. The number of rotatable bonds is 2. The van der Waals surface area contributed by atoms with Crippen molar-refractivity contribution in [1.29, 1.82) is 0 Å². The lowest BCUT2D eigenvalue weighted by Gasteiger charge is -2.04. The van der Waals surface area contributed by atoms with Gasteiger partial charge in [0.05, 0.1) is 18.5 Å². The van der Waals surface area contributed by atoms with E-state index in [1.165, 1.54) is 0 Å². The zero-order valence-corrected chi connectivity index (χ0v) is 6.50. The Balaban J connectivity index is 0.000001000. The van der Waals surface area contributed by atoms with Gasteiger partial charge in [-0.25, -0.2) is 0 Å². The lowest BCUT2D eigenvalue weighted by atomic mass is 10.3. The summed E-state index contributed by atoms with van der Waals surface area (Å²) in [6.07, 6.45) is 0. The molecule has 11 heavy (non-hydrogen) atoms. The van der Waals surface area contributed by atoms with E-state index >= 15 is 0 Å². The zero-order chi connectivity index (χ0) is 7.40. The second-order valence-electron chi connectivity index (χ2n) is 1.89. The van der Waals surface area contributed by atoms with Crippen LogP contribution in [0.3, 0.4) is 0 Å². The average molecular weight is 155 g/mol. The molecular formula is C7H13N3O. The minimum absolute atomic E-state index is 0. The number of hydrogen-bond acceptors (Lipinski definition) is 4. The van der Waals surface area contributed by atoms with E-state index in [1.807, 2.05) is 18.2 Å². The summed E-state index contributed by atoms with van der Waals surface area (Å²) in [4.78, 5) is 4.68. The van der Waals surface area contributed by atoms with Gasteiger partial charge in [0.1, 0.15) is 0 Å². The molecule has 0 bridgehead atoms. The molecule has 4 nitrogen and oxygen atoms in total. The van der Waals surface area contributed by atoms with E-state index in [4.69, 9.17) is 5.73 Å². The number of para-hydroxylation sites is 2. The molecule has 0 fully saturated rings. The van der Waals surface area contributed by atoms with Gasteiger partial charge in [-0.3, -0.25) is 10.3 Å². The summed E-state index contributed by atoms with van der Waals surface area (Å²) >= 11 is 0. The second kappa shape index (κ2) is 4.54. The third-order valence-corrected chi connectivity index (χ3v) is 1.17. The quantitative estimate of drug-likeness (QED) is 0.445. The maximum Gasteiger partial charge on any atom is 0.0833 e. The van der Waals surface area contributed by atoms with Crippen LogP contribution in [-0.4, -0.2) is 7.11 Å². The Bertz CT molecular complexity index is 215. The van der Waals surface area contributed by atoms with E-state index in [0.29, 0.717) is 5.69 Å². The summed E-state index contributed by atoms with van der Waals surface area (Å²) < 4.78 is 0. The van der Waals surface area contributed by atoms with Crippen LogP contribution in [0, 0.1) is 0 Å². The van der Waals surface area contributed by atoms with Gasteiger partial charge in [-0.15, -0.1) is 0 Å². The lowest BCUT2D eigenvalue weighted by Crippen LogP contribution is -1.98. The van der Waals surface area contributed by atoms with Crippen molar-refractivity contribution in [1.82, 2.24) is 6.15 Å². The van der Waals surface area contributed by atoms with Gasteiger partial charge in [-0.1, -0.05) is 12.1 Å². The first-order valence-electron chi connectivity index (χ1n) is 2.98. The van der Waals surface area contributed by atoms with Crippen molar-refractivity contribution in [3.63, 3.8) is 0 Å². The van der Waals surface area contributed by atoms with E-state index in [0.717, 1.165) is 5.69 Å². The lowest BCUT2D eigenvalue weighted by molar-refractivity contribution is 0.271. The zero-order valence-electron chi connectivity index (χ0n) is 6.50. The fraction of sp³-hybridized carbons (Fsp3) is 0.143. The van der Waals surface area contributed by atoms with Crippen molar-refractivity contribution in [2.24, 2.45) is 0 Å². The Morgan fingerprint density at radius 2 is 2.00 bits per heavy atom. The largest absolute Gasteiger partial charge is 0.397 e. The van der Waals surface area contributed by atoms with E-state index in [-0.39, 0.29) is 6.15 Å². The molecule has 0 saturated heterocycles. The minimum atomic E-state index is 0. The fourth-order valence-corrected chi connectivity index (χ4v) is 0.700. The molecule has 0 unspecified atom stereocenters. The van der Waals surface area contributed by atoms with Crippen LogP contribution in [0.15, 0.2) is 24.3 Å². The molecule has 0 heterocycles. The molecule has 4 heteroatoms. The Hall–Kier alpha value is -1.26. The molecule has 0 aliphatic heterocycles. The van der Waals surface area contributed by atoms with Crippen LogP contribution in [0.5, 0.6) is 0 Å². The molecule has 0 spiro atoms. The fourth-order valence-electron chi connectivity index (χ4n) is 0.700. The van der Waals surface area contributed by atoms with Crippen LogP contribution in [0.1, 0.15) is 0 Å². The molecule has 0 aliphatic rings. The van der Waals surface area contributed by atoms with Crippen molar-refractivity contribution in [3.05, 3.63) is 24.3 Å². The Kier molecular flexibility index (Phi) is 4.02. The van der Waals surface area contributed by atoms with E-state index < -0.39 is 0 Å². The highest BCUT2D eigenvalue weighted by Gasteiger charge is 1.92. The highest BCUT2D eigenvalue weighted by molar-refractivity contribution is 5.64. The van der Waals surface area contributed by atoms with E-state index in [9.17, 15) is 0 Å². The van der Waals surface area contributed by atoms with Gasteiger partial charge in [-0.2, -0.15) is 0 Å². The maximum absolute atomic E-state index is 5.56. The molecule has 1 aromatic carbocycles. The van der Waals surface area contributed by atoms with Crippen LogP contribution in [0.25, 0.3) is 0 Å². The molecule has 0 amide bonds. The first-order valence-corrected chi connectivity index (χ1v) is 2.98. The number of nitrogens with one attached hydrogen (secondary N) is 1. The van der Waals surface area contributed by atoms with Crippen molar-refractivity contribution >= 4 is 11.4 Å². The number of hydrogen-bond donors (Lipinski definition) is 3. The highest BCUT2D eigenvalue weighted by atomic mass is 16.6. The molecule has 0 aromatic heterocycles. The normalized spacial score (nSPS) is 8.45. The molecular weight excluding hydrogens is 142 g/mol. The minimum Gasteiger partial charge on any atom is -0.397 e. The second-order valence-corrected chi connectivity index (χ2v) is 1.89. The molecule has 0 atom stereocenters. The smallest absolute Gasteiger partial charge is 0.0833 e. The van der Waals surface area contributed by atoms with Gasteiger partial charge in [0.25, 0.3) is 0 Å². The first kappa shape index (κ1) is 9.74. The SMILES string of the molecule is CONc1ccccc1N.N. The third kappa shape index (κ3) is 2.45. The third-order valence-electron chi connectivity index (χ3n) is 1.17. The first-order chi connectivity index (χ1) is 4.84. The summed E-state index contributed by atoms with van der Waals surface area (Å²) in [5.74, 6) is 0. The van der Waals surface area contributed by atoms with Gasteiger partial charge >= 0.3 is 0 Å². The average Bonchev–Trinajstić information content (AvgIpc) is 1.94. The van der Waals surface area contributed by atoms with Crippen LogP contribution in [0.2, 0.25) is 0 Å². The van der Waals surface area contributed by atoms with Crippen LogP contribution >= 0.6 is 0 Å². The molecule has 0 aliphatic carbocycles. The summed E-state index contributed by atoms with van der Waals surface area (Å²) in [6.45, 7) is 0. The van der Waals surface area contributed by atoms with E-state index in [1.54, 1.807) is 13.2 Å². The monoisotopic (exact) mass is 155 g/mol. The van der Waals surface area contributed by atoms with Crippen molar-refractivity contribution < 1.29 is 4.84 Å². The summed E-state index contributed by atoms with van der Waals surface area (Å²) in [5.41, 5.74) is 9.70. The molecule has 6 N–H and O–H groups in total. The number of nitrogens with two attached hydrogens (primary N) is 1. The van der Waals surface area contributed by atoms with E-state index in [2.05, 4.69) is 10.3 Å². The van der Waals surface area contributed by atoms with Gasteiger partial charge in [0.2, 0.25) is 0 Å². The standard InChI is InChI=1S/C7H10N2O.H3N/c1-10-9-7-5-3-2-4-6(7)8;/h2-5,9H,8H2,1H3;1H3. The molecule has 1 rings (SSSR count). The van der Waals surface area contributed by atoms with Gasteiger partial charge in [0, 0.05) is 0 Å². The predicted octanol–water partition coefficient (Wildman–Crippen LogP) is 1.40. The highest BCUT2D eigenvalue weighted by Crippen LogP contribution is 2.15. The topological polar surface area (TPSA) is 82.3 Å². The van der Waals surface area contributed by atoms with Crippen LogP contribution in [-0.2, 0) is 4.84 Å². The summed E-state index contributed by atoms with van der Waals surface area (Å²) in [7, 11) is 1.55.